The highest BCUT2D eigenvalue weighted by atomic mass is 35.5. The number of hydrogen-bond donors (Lipinski definition) is 0. The Hall–Kier alpha value is -0.740. The molecule has 82 valence electrons. The minimum absolute atomic E-state index is 0.0914. The zero-order valence-electron chi connectivity index (χ0n) is 7.45. The molecule has 1 nitrogen and oxygen atoms in total. The number of carbonyl (C=O) groups excluding carboxylic acids is 1. The maximum atomic E-state index is 12.3. The van der Waals surface area contributed by atoms with Crippen molar-refractivity contribution in [3.05, 3.63) is 33.3 Å². The molecule has 0 aliphatic rings. The molecule has 0 N–H and O–H groups in total. The van der Waals surface area contributed by atoms with Crippen molar-refractivity contribution in [3.63, 3.8) is 0 Å². The quantitative estimate of drug-likeness (QED) is 0.688. The molecule has 0 radical (unpaired) electrons. The summed E-state index contributed by atoms with van der Waals surface area (Å²) >= 11 is 11.1. The first kappa shape index (κ1) is 12.3. The van der Waals surface area contributed by atoms with Gasteiger partial charge in [0.2, 0.25) is 0 Å². The molecule has 0 saturated heterocycles. The molecule has 0 atom stereocenters. The van der Waals surface area contributed by atoms with Gasteiger partial charge in [0.05, 0.1) is 21.2 Å². The van der Waals surface area contributed by atoms with Gasteiger partial charge in [-0.15, -0.1) is 0 Å². The molecule has 0 aliphatic heterocycles. The second-order valence-electron chi connectivity index (χ2n) is 2.87. The van der Waals surface area contributed by atoms with Gasteiger partial charge in [0.15, 0.2) is 5.78 Å². The van der Waals surface area contributed by atoms with E-state index in [9.17, 15) is 18.0 Å². The molecule has 0 aromatic heterocycles. The lowest BCUT2D eigenvalue weighted by atomic mass is 10.1. The second-order valence-corrected chi connectivity index (χ2v) is 3.68. The third-order valence-corrected chi connectivity index (χ3v) is 2.32. The molecule has 6 heteroatoms. The van der Waals surface area contributed by atoms with E-state index in [2.05, 4.69) is 0 Å². The second kappa shape index (κ2) is 4.02. The Bertz CT molecular complexity index is 389. The average molecular weight is 257 g/mol. The summed E-state index contributed by atoms with van der Waals surface area (Å²) in [5.41, 5.74) is -1.06. The van der Waals surface area contributed by atoms with Crippen molar-refractivity contribution in [2.24, 2.45) is 0 Å². The van der Waals surface area contributed by atoms with Gasteiger partial charge >= 0.3 is 6.18 Å². The predicted molar refractivity (Wildman–Crippen MR) is 51.5 cm³/mol. The summed E-state index contributed by atoms with van der Waals surface area (Å²) in [6.45, 7) is 1.18. The van der Waals surface area contributed by atoms with Crippen LogP contribution in [0.25, 0.3) is 0 Å². The van der Waals surface area contributed by atoms with E-state index in [0.29, 0.717) is 12.1 Å². The molecule has 0 heterocycles. The Kier molecular flexibility index (Phi) is 3.31. The number of hydrogen-bond acceptors (Lipinski definition) is 1. The van der Waals surface area contributed by atoms with E-state index in [1.165, 1.54) is 6.92 Å². The molecule has 15 heavy (non-hydrogen) atoms. The lowest BCUT2D eigenvalue weighted by molar-refractivity contribution is -0.137. The van der Waals surface area contributed by atoms with Crippen LogP contribution in [0.1, 0.15) is 22.8 Å². The van der Waals surface area contributed by atoms with Crippen molar-refractivity contribution >= 4 is 29.0 Å². The van der Waals surface area contributed by atoms with E-state index in [4.69, 9.17) is 23.2 Å². The molecule has 1 aromatic carbocycles. The van der Waals surface area contributed by atoms with Crippen LogP contribution in [0.5, 0.6) is 0 Å². The summed E-state index contributed by atoms with van der Waals surface area (Å²) in [6, 6.07) is 1.37. The molecule has 0 unspecified atom stereocenters. The van der Waals surface area contributed by atoms with Crippen LogP contribution in [0.4, 0.5) is 13.2 Å². The molecule has 0 saturated carbocycles. The van der Waals surface area contributed by atoms with Crippen molar-refractivity contribution in [2.45, 2.75) is 13.1 Å². The zero-order chi connectivity index (χ0) is 11.8. The summed E-state index contributed by atoms with van der Waals surface area (Å²) < 4.78 is 36.8. The normalized spacial score (nSPS) is 11.6. The highest BCUT2D eigenvalue weighted by molar-refractivity contribution is 6.39. The molecule has 1 rings (SSSR count). The molecular formula is C9H5Cl2F3O. The number of rotatable bonds is 1. The van der Waals surface area contributed by atoms with Crippen molar-refractivity contribution in [2.75, 3.05) is 0 Å². The highest BCUT2D eigenvalue weighted by Gasteiger charge is 2.32. The van der Waals surface area contributed by atoms with Crippen LogP contribution < -0.4 is 0 Å². The Morgan fingerprint density at radius 3 is 1.87 bits per heavy atom. The number of halogens is 5. The Morgan fingerprint density at radius 1 is 1.20 bits per heavy atom. The number of Topliss-reactive ketones (excluding diaryl/α,β-unsaturated/α-hetero) is 1. The number of carbonyl (C=O) groups is 1. The fourth-order valence-electron chi connectivity index (χ4n) is 1.07. The van der Waals surface area contributed by atoms with Crippen LogP contribution in [0.2, 0.25) is 10.0 Å². The van der Waals surface area contributed by atoms with E-state index in [1.807, 2.05) is 0 Å². The van der Waals surface area contributed by atoms with E-state index in [1.54, 1.807) is 0 Å². The molecule has 0 bridgehead atoms. The minimum atomic E-state index is -4.53. The monoisotopic (exact) mass is 256 g/mol. The van der Waals surface area contributed by atoms with Crippen molar-refractivity contribution in [1.82, 2.24) is 0 Å². The van der Waals surface area contributed by atoms with Gasteiger partial charge in [0.1, 0.15) is 0 Å². The van der Waals surface area contributed by atoms with Crippen molar-refractivity contribution in [1.29, 1.82) is 0 Å². The SMILES string of the molecule is CC(=O)c1c(Cl)cc(C(F)(F)F)cc1Cl. The van der Waals surface area contributed by atoms with Gasteiger partial charge < -0.3 is 0 Å². The van der Waals surface area contributed by atoms with Crippen LogP contribution in [0.3, 0.4) is 0 Å². The van der Waals surface area contributed by atoms with Gasteiger partial charge in [-0.1, -0.05) is 23.2 Å². The fourth-order valence-corrected chi connectivity index (χ4v) is 1.83. The van der Waals surface area contributed by atoms with E-state index < -0.39 is 17.5 Å². The lowest BCUT2D eigenvalue weighted by Gasteiger charge is -2.10. The Labute approximate surface area is 93.8 Å². The van der Waals surface area contributed by atoms with Gasteiger partial charge in [-0.05, 0) is 19.1 Å². The largest absolute Gasteiger partial charge is 0.416 e. The Morgan fingerprint density at radius 2 is 1.60 bits per heavy atom. The number of ketones is 1. The summed E-state index contributed by atoms with van der Waals surface area (Å²) in [4.78, 5) is 11.0. The average Bonchev–Trinajstić information content (AvgIpc) is 1.99. The highest BCUT2D eigenvalue weighted by Crippen LogP contribution is 2.35. The fraction of sp³-hybridized carbons (Fsp3) is 0.222. The van der Waals surface area contributed by atoms with Gasteiger partial charge in [-0.3, -0.25) is 4.79 Å². The summed E-state index contributed by atoms with van der Waals surface area (Å²) in [5, 5.41) is -0.579. The molecule has 0 spiro atoms. The third-order valence-electron chi connectivity index (χ3n) is 1.72. The number of alkyl halides is 3. The molecule has 0 fully saturated rings. The van der Waals surface area contributed by atoms with Crippen LogP contribution >= 0.6 is 23.2 Å². The number of benzene rings is 1. The summed E-state index contributed by atoms with van der Waals surface area (Å²) in [6.07, 6.45) is -4.53. The van der Waals surface area contributed by atoms with Crippen LogP contribution in [0, 0.1) is 0 Å². The molecule has 0 aliphatic carbocycles. The first-order valence-corrected chi connectivity index (χ1v) is 4.56. The minimum Gasteiger partial charge on any atom is -0.294 e. The van der Waals surface area contributed by atoms with E-state index in [0.717, 1.165) is 0 Å². The van der Waals surface area contributed by atoms with Crippen LogP contribution in [0.15, 0.2) is 12.1 Å². The van der Waals surface area contributed by atoms with Crippen molar-refractivity contribution < 1.29 is 18.0 Å². The van der Waals surface area contributed by atoms with Gasteiger partial charge in [0, 0.05) is 0 Å². The van der Waals surface area contributed by atoms with Gasteiger partial charge in [-0.2, -0.15) is 13.2 Å². The first-order chi connectivity index (χ1) is 6.73. The molecular weight excluding hydrogens is 252 g/mol. The van der Waals surface area contributed by atoms with Crippen LogP contribution in [-0.4, -0.2) is 5.78 Å². The van der Waals surface area contributed by atoms with Gasteiger partial charge in [-0.25, -0.2) is 0 Å². The summed E-state index contributed by atoms with van der Waals surface area (Å²) in [7, 11) is 0. The maximum Gasteiger partial charge on any atom is 0.416 e. The van der Waals surface area contributed by atoms with E-state index in [-0.39, 0.29) is 15.6 Å². The third kappa shape index (κ3) is 2.63. The maximum absolute atomic E-state index is 12.3. The lowest BCUT2D eigenvalue weighted by Crippen LogP contribution is -2.06. The molecule has 1 aromatic rings. The van der Waals surface area contributed by atoms with E-state index >= 15 is 0 Å². The van der Waals surface area contributed by atoms with Crippen molar-refractivity contribution in [3.8, 4) is 0 Å². The Balaban J connectivity index is 3.39. The van der Waals surface area contributed by atoms with Crippen LogP contribution in [-0.2, 0) is 6.18 Å². The zero-order valence-corrected chi connectivity index (χ0v) is 8.96. The smallest absolute Gasteiger partial charge is 0.294 e. The first-order valence-electron chi connectivity index (χ1n) is 3.80. The van der Waals surface area contributed by atoms with Gasteiger partial charge in [0.25, 0.3) is 0 Å². The predicted octanol–water partition coefficient (Wildman–Crippen LogP) is 4.21. The standard InChI is InChI=1S/C9H5Cl2F3O/c1-4(15)8-6(10)2-5(3-7(8)11)9(12,13)14/h2-3H,1H3. The summed E-state index contributed by atoms with van der Waals surface area (Å²) in [5.74, 6) is -0.473. The molecule has 0 amide bonds. The topological polar surface area (TPSA) is 17.1 Å².